The number of pyridine rings is 1. The molecule has 1 atom stereocenters. The molecule has 39 heavy (non-hydrogen) atoms. The van der Waals surface area contributed by atoms with E-state index in [1.165, 1.54) is 6.92 Å². The summed E-state index contributed by atoms with van der Waals surface area (Å²) in [4.78, 5) is 21.2. The van der Waals surface area contributed by atoms with Crippen LogP contribution in [0.15, 0.2) is 66.9 Å². The summed E-state index contributed by atoms with van der Waals surface area (Å²) in [5.74, 6) is 1.90. The summed E-state index contributed by atoms with van der Waals surface area (Å²) in [5, 5.41) is 7.34. The summed E-state index contributed by atoms with van der Waals surface area (Å²) in [7, 11) is 0. The molecule has 8 heteroatoms. The molecule has 0 radical (unpaired) electrons. The highest BCUT2D eigenvalue weighted by Gasteiger charge is 2.35. The van der Waals surface area contributed by atoms with Gasteiger partial charge in [-0.1, -0.05) is 48.5 Å². The van der Waals surface area contributed by atoms with E-state index in [1.54, 1.807) is 6.20 Å². The Morgan fingerprint density at radius 2 is 1.85 bits per heavy atom. The Morgan fingerprint density at radius 3 is 2.56 bits per heavy atom. The molecule has 1 aliphatic carbocycles. The smallest absolute Gasteiger partial charge is 0.216 e. The summed E-state index contributed by atoms with van der Waals surface area (Å²) in [6.45, 7) is 5.87. The van der Waals surface area contributed by atoms with Gasteiger partial charge in [0.05, 0.1) is 22.6 Å². The van der Waals surface area contributed by atoms with Crippen molar-refractivity contribution in [2.45, 2.75) is 38.6 Å². The Hall–Kier alpha value is -4.01. The highest BCUT2D eigenvalue weighted by Crippen LogP contribution is 2.43. The number of aromatic nitrogens is 3. The van der Waals surface area contributed by atoms with Crippen molar-refractivity contribution in [3.8, 4) is 22.5 Å². The van der Waals surface area contributed by atoms with Crippen LogP contribution in [0, 0.1) is 5.92 Å². The number of hydrogen-bond donors (Lipinski definition) is 4. The highest BCUT2D eigenvalue weighted by molar-refractivity contribution is 5.86. The number of nitrogens with zero attached hydrogens (tertiary/aromatic N) is 3. The van der Waals surface area contributed by atoms with E-state index < -0.39 is 0 Å². The number of fused-ring (bicyclic) bond motifs is 1. The van der Waals surface area contributed by atoms with Gasteiger partial charge in [-0.15, -0.1) is 0 Å². The fourth-order valence-corrected chi connectivity index (χ4v) is 5.42. The van der Waals surface area contributed by atoms with Gasteiger partial charge >= 0.3 is 0 Å². The second-order valence-electron chi connectivity index (χ2n) is 10.4. The molecule has 1 fully saturated rings. The minimum atomic E-state index is -0.233. The largest absolute Gasteiger partial charge is 0.403 e. The van der Waals surface area contributed by atoms with Gasteiger partial charge in [-0.2, -0.15) is 0 Å². The van der Waals surface area contributed by atoms with Crippen LogP contribution in [-0.2, 0) is 4.79 Å². The Kier molecular flexibility index (Phi) is 8.05. The van der Waals surface area contributed by atoms with Crippen molar-refractivity contribution in [2.75, 3.05) is 19.6 Å². The van der Waals surface area contributed by atoms with Gasteiger partial charge in [-0.25, -0.2) is 9.97 Å². The van der Waals surface area contributed by atoms with Crippen LogP contribution in [0.4, 0.5) is 0 Å². The predicted octanol–water partition coefficient (Wildman–Crippen LogP) is 4.39. The molecule has 2 aromatic carbocycles. The van der Waals surface area contributed by atoms with Gasteiger partial charge in [0, 0.05) is 60.9 Å². The summed E-state index contributed by atoms with van der Waals surface area (Å²) in [6, 6.07) is 20.5. The number of benzene rings is 2. The molecular formula is C31H37N7O. The summed E-state index contributed by atoms with van der Waals surface area (Å²) < 4.78 is 2.09. The van der Waals surface area contributed by atoms with Crippen LogP contribution in [0.2, 0.25) is 0 Å². The molecule has 6 N–H and O–H groups in total. The molecular weight excluding hydrogens is 486 g/mol. The van der Waals surface area contributed by atoms with Crippen molar-refractivity contribution >= 4 is 23.0 Å². The minimum absolute atomic E-state index is 0.000117. The van der Waals surface area contributed by atoms with Crippen molar-refractivity contribution in [3.63, 3.8) is 0 Å². The molecule has 1 aliphatic rings. The van der Waals surface area contributed by atoms with Crippen molar-refractivity contribution in [2.24, 2.45) is 17.4 Å². The number of nitrogens with two attached hydrogens (primary N) is 2. The molecule has 1 amide bonds. The van der Waals surface area contributed by atoms with E-state index in [1.807, 2.05) is 31.3 Å². The van der Waals surface area contributed by atoms with Gasteiger partial charge in [0.15, 0.2) is 0 Å². The minimum Gasteiger partial charge on any atom is -0.403 e. The maximum atomic E-state index is 11.0. The number of hydrogen-bond acceptors (Lipinski definition) is 6. The Balaban J connectivity index is 1.41. The first-order valence-electron chi connectivity index (χ1n) is 13.6. The zero-order chi connectivity index (χ0) is 27.4. The van der Waals surface area contributed by atoms with Crippen LogP contribution in [0.1, 0.15) is 50.2 Å². The number of rotatable bonds is 10. The number of imidazole rings is 1. The maximum absolute atomic E-state index is 11.0. The summed E-state index contributed by atoms with van der Waals surface area (Å²) >= 11 is 0. The lowest BCUT2D eigenvalue weighted by atomic mass is 9.74. The molecule has 2 heterocycles. The fourth-order valence-electron chi connectivity index (χ4n) is 5.42. The fraction of sp³-hybridized carbons (Fsp3) is 0.323. The van der Waals surface area contributed by atoms with E-state index in [4.69, 9.17) is 21.4 Å². The number of carbonyl (C=O) groups is 1. The molecule has 5 rings (SSSR count). The SMILES string of the molecule is CC(=O)NCCNCC1CC(c2nc(-c3ccc4ccc(-c5ccccc5)nc4c3)c(C(C)N)n2/C=C\N)C1. The lowest BCUT2D eigenvalue weighted by molar-refractivity contribution is -0.118. The Labute approximate surface area is 229 Å². The third kappa shape index (κ3) is 5.87. The molecule has 0 spiro atoms. The predicted molar refractivity (Wildman–Crippen MR) is 158 cm³/mol. The van der Waals surface area contributed by atoms with Crippen LogP contribution < -0.4 is 22.1 Å². The Morgan fingerprint density at radius 1 is 1.08 bits per heavy atom. The summed E-state index contributed by atoms with van der Waals surface area (Å²) in [5.41, 5.74) is 18.2. The first-order chi connectivity index (χ1) is 18.9. The molecule has 0 bridgehead atoms. The first kappa shape index (κ1) is 26.6. The second-order valence-corrected chi connectivity index (χ2v) is 10.4. The maximum Gasteiger partial charge on any atom is 0.216 e. The van der Waals surface area contributed by atoms with E-state index in [0.29, 0.717) is 18.4 Å². The molecule has 0 aliphatic heterocycles. The average Bonchev–Trinajstić information content (AvgIpc) is 3.28. The van der Waals surface area contributed by atoms with Crippen molar-refractivity contribution in [1.29, 1.82) is 0 Å². The average molecular weight is 524 g/mol. The normalized spacial score (nSPS) is 17.8. The van der Waals surface area contributed by atoms with E-state index >= 15 is 0 Å². The molecule has 1 saturated carbocycles. The molecule has 202 valence electrons. The molecule has 0 saturated heterocycles. The molecule has 8 nitrogen and oxygen atoms in total. The third-order valence-corrected chi connectivity index (χ3v) is 7.39. The monoisotopic (exact) mass is 523 g/mol. The number of carbonyl (C=O) groups excluding carboxylic acids is 1. The molecule has 1 unspecified atom stereocenters. The third-order valence-electron chi connectivity index (χ3n) is 7.39. The van der Waals surface area contributed by atoms with Crippen LogP contribution in [0.3, 0.4) is 0 Å². The Bertz CT molecular complexity index is 1470. The van der Waals surface area contributed by atoms with Gasteiger partial charge in [-0.05, 0) is 44.4 Å². The van der Waals surface area contributed by atoms with Gasteiger partial charge in [-0.3, -0.25) is 4.79 Å². The lowest BCUT2D eigenvalue weighted by Crippen LogP contribution is -2.36. The van der Waals surface area contributed by atoms with E-state index in [-0.39, 0.29) is 11.9 Å². The second kappa shape index (κ2) is 11.8. The van der Waals surface area contributed by atoms with Gasteiger partial charge < -0.3 is 26.7 Å². The van der Waals surface area contributed by atoms with Gasteiger partial charge in [0.1, 0.15) is 5.82 Å². The van der Waals surface area contributed by atoms with Crippen LogP contribution >= 0.6 is 0 Å². The van der Waals surface area contributed by atoms with Crippen LogP contribution in [0.5, 0.6) is 0 Å². The molecule has 2 aromatic heterocycles. The highest BCUT2D eigenvalue weighted by atomic mass is 16.1. The number of nitrogens with one attached hydrogen (secondary N) is 2. The van der Waals surface area contributed by atoms with Crippen molar-refractivity contribution in [3.05, 3.63) is 78.4 Å². The van der Waals surface area contributed by atoms with E-state index in [0.717, 1.165) is 70.9 Å². The zero-order valence-electron chi connectivity index (χ0n) is 22.6. The quantitative estimate of drug-likeness (QED) is 0.229. The standard InChI is InChI=1S/C31H37N7O/c1-20(33)30-29(25-9-8-24-10-11-27(36-28(24)18-25)23-6-4-3-5-7-23)37-31(38(30)15-12-32)26-16-22(17-26)19-34-13-14-35-21(2)39/h3-12,15,18,20,22,26,34H,13-14,16-17,19,32-33H2,1-2H3,(H,35,39)/b15-12-. The van der Waals surface area contributed by atoms with E-state index in [9.17, 15) is 4.79 Å². The van der Waals surface area contributed by atoms with Crippen molar-refractivity contribution in [1.82, 2.24) is 25.2 Å². The van der Waals surface area contributed by atoms with Crippen LogP contribution in [-0.4, -0.2) is 40.1 Å². The van der Waals surface area contributed by atoms with Crippen molar-refractivity contribution < 1.29 is 4.79 Å². The summed E-state index contributed by atoms with van der Waals surface area (Å²) in [6.07, 6.45) is 5.51. The van der Waals surface area contributed by atoms with Crippen LogP contribution in [0.25, 0.3) is 39.6 Å². The number of amides is 1. The first-order valence-corrected chi connectivity index (χ1v) is 13.6. The van der Waals surface area contributed by atoms with Gasteiger partial charge in [0.25, 0.3) is 0 Å². The zero-order valence-corrected chi connectivity index (χ0v) is 22.6. The molecule has 4 aromatic rings. The van der Waals surface area contributed by atoms with Gasteiger partial charge in [0.2, 0.25) is 5.91 Å². The van der Waals surface area contributed by atoms with E-state index in [2.05, 4.69) is 57.7 Å². The lowest BCUT2D eigenvalue weighted by Gasteiger charge is -2.35. The topological polar surface area (TPSA) is 124 Å².